The second-order valence-electron chi connectivity index (χ2n) is 11.6. The van der Waals surface area contributed by atoms with E-state index in [1.54, 1.807) is 47.4 Å². The molecule has 2 aliphatic heterocycles. The van der Waals surface area contributed by atoms with Crippen molar-refractivity contribution in [2.24, 2.45) is 0 Å². The second kappa shape index (κ2) is 13.1. The van der Waals surface area contributed by atoms with E-state index in [0.29, 0.717) is 48.6 Å². The Morgan fingerprint density at radius 3 is 2.28 bits per heavy atom. The van der Waals surface area contributed by atoms with E-state index in [0.717, 1.165) is 16.7 Å². The molecule has 0 radical (unpaired) electrons. The number of anilines is 1. The molecule has 2 heterocycles. The Labute approximate surface area is 257 Å². The van der Waals surface area contributed by atoms with E-state index in [-0.39, 0.29) is 42.9 Å². The fourth-order valence-electron chi connectivity index (χ4n) is 5.85. The molecule has 1 saturated heterocycles. The molecule has 3 aromatic rings. The van der Waals surface area contributed by atoms with Gasteiger partial charge in [0.15, 0.2) is 5.78 Å². The summed E-state index contributed by atoms with van der Waals surface area (Å²) in [5, 5.41) is 6.71. The number of fused-ring (bicyclic) bond motifs is 1. The number of Topliss-reactive ketones (excluding diaryl/α,β-unsaturated/α-hetero) is 1. The van der Waals surface area contributed by atoms with E-state index in [1.165, 1.54) is 0 Å². The summed E-state index contributed by atoms with van der Waals surface area (Å²) in [5.74, 6) is -1.05. The number of halogens is 1. The standard InChI is InChI=1S/C34H37ClN4O4/c1-23-20-27(12-13-28(23)35)36-33(43)34(16-18-38(2)19-17-34)37-32(42)29-21-25-10-6-7-11-26(25)22-39(29)31(41)15-14-30(40)24-8-4-3-5-9-24/h3-13,20,29H,14-19,21-22H2,1-2H3,(H,36,43)(H,37,42)/t29-/m0/s1. The van der Waals surface area contributed by atoms with Crippen LogP contribution in [0, 0.1) is 6.92 Å². The van der Waals surface area contributed by atoms with Gasteiger partial charge in [0.25, 0.3) is 0 Å². The summed E-state index contributed by atoms with van der Waals surface area (Å²) < 4.78 is 0. The third kappa shape index (κ3) is 6.98. The van der Waals surface area contributed by atoms with E-state index in [4.69, 9.17) is 11.6 Å². The lowest BCUT2D eigenvalue weighted by Crippen LogP contribution is -2.65. The zero-order chi connectivity index (χ0) is 30.6. The van der Waals surface area contributed by atoms with Crippen LogP contribution in [0.25, 0.3) is 0 Å². The predicted molar refractivity (Wildman–Crippen MR) is 167 cm³/mol. The highest BCUT2D eigenvalue weighted by Crippen LogP contribution is 2.29. The average Bonchev–Trinajstić information content (AvgIpc) is 3.02. The number of benzene rings is 3. The van der Waals surface area contributed by atoms with E-state index in [1.807, 2.05) is 44.3 Å². The first kappa shape index (κ1) is 30.4. The molecule has 8 nitrogen and oxygen atoms in total. The van der Waals surface area contributed by atoms with Crippen LogP contribution < -0.4 is 10.6 Å². The lowest BCUT2D eigenvalue weighted by molar-refractivity contribution is -0.144. The van der Waals surface area contributed by atoms with Gasteiger partial charge in [-0.1, -0.05) is 66.2 Å². The monoisotopic (exact) mass is 600 g/mol. The SMILES string of the molecule is Cc1cc(NC(=O)C2(NC(=O)[C@@H]3Cc4ccccc4CN3C(=O)CCC(=O)c3ccccc3)CCN(C)CC2)ccc1Cl. The molecule has 43 heavy (non-hydrogen) atoms. The fourth-order valence-corrected chi connectivity index (χ4v) is 5.97. The van der Waals surface area contributed by atoms with Gasteiger partial charge in [0.05, 0.1) is 0 Å². The molecule has 0 saturated carbocycles. The van der Waals surface area contributed by atoms with Crippen molar-refractivity contribution in [2.45, 2.75) is 57.2 Å². The number of likely N-dealkylation sites (tertiary alicyclic amines) is 1. The largest absolute Gasteiger partial charge is 0.340 e. The van der Waals surface area contributed by atoms with E-state index >= 15 is 0 Å². The highest BCUT2D eigenvalue weighted by atomic mass is 35.5. The van der Waals surface area contributed by atoms with Gasteiger partial charge < -0.3 is 20.4 Å². The molecule has 1 atom stereocenters. The van der Waals surface area contributed by atoms with E-state index in [2.05, 4.69) is 15.5 Å². The third-order valence-electron chi connectivity index (χ3n) is 8.59. The van der Waals surface area contributed by atoms with Crippen LogP contribution in [0.4, 0.5) is 5.69 Å². The number of ketones is 1. The molecular weight excluding hydrogens is 564 g/mol. The Morgan fingerprint density at radius 1 is 0.907 bits per heavy atom. The van der Waals surface area contributed by atoms with Crippen LogP contribution in [0.15, 0.2) is 72.8 Å². The Kier molecular flexibility index (Phi) is 9.28. The number of aryl methyl sites for hydroxylation is 1. The molecule has 2 aliphatic rings. The summed E-state index contributed by atoms with van der Waals surface area (Å²) in [5.41, 5.74) is 2.81. The second-order valence-corrected chi connectivity index (χ2v) is 12.0. The molecule has 0 spiro atoms. The number of piperidine rings is 1. The first-order valence-corrected chi connectivity index (χ1v) is 15.1. The van der Waals surface area contributed by atoms with Crippen LogP contribution in [-0.2, 0) is 27.3 Å². The van der Waals surface area contributed by atoms with Crippen molar-refractivity contribution in [3.63, 3.8) is 0 Å². The minimum atomic E-state index is -1.15. The van der Waals surface area contributed by atoms with Gasteiger partial charge in [-0.3, -0.25) is 19.2 Å². The summed E-state index contributed by atoms with van der Waals surface area (Å²) in [7, 11) is 1.99. The van der Waals surface area contributed by atoms with Crippen molar-refractivity contribution in [1.29, 1.82) is 0 Å². The summed E-state index contributed by atoms with van der Waals surface area (Å²) in [6, 6.07) is 21.1. The minimum absolute atomic E-state index is 0.00792. The van der Waals surface area contributed by atoms with Crippen molar-refractivity contribution in [1.82, 2.24) is 15.1 Å². The van der Waals surface area contributed by atoms with E-state index in [9.17, 15) is 19.2 Å². The van der Waals surface area contributed by atoms with Gasteiger partial charge in [-0.25, -0.2) is 0 Å². The molecule has 5 rings (SSSR count). The van der Waals surface area contributed by atoms with Crippen LogP contribution in [0.3, 0.4) is 0 Å². The highest BCUT2D eigenvalue weighted by molar-refractivity contribution is 6.31. The van der Waals surface area contributed by atoms with Crippen LogP contribution in [0.1, 0.15) is 52.7 Å². The maximum Gasteiger partial charge on any atom is 0.250 e. The topological polar surface area (TPSA) is 98.8 Å². The number of nitrogens with one attached hydrogen (secondary N) is 2. The Morgan fingerprint density at radius 2 is 1.58 bits per heavy atom. The zero-order valence-corrected chi connectivity index (χ0v) is 25.3. The van der Waals surface area contributed by atoms with Crippen molar-refractivity contribution in [3.05, 3.63) is 100 Å². The lowest BCUT2D eigenvalue weighted by Gasteiger charge is -2.42. The molecule has 0 aliphatic carbocycles. The molecular formula is C34H37ClN4O4. The molecule has 1 fully saturated rings. The number of carbonyl (C=O) groups is 4. The van der Waals surface area contributed by atoms with Gasteiger partial charge in [0, 0.05) is 55.2 Å². The van der Waals surface area contributed by atoms with Crippen molar-refractivity contribution >= 4 is 40.8 Å². The maximum atomic E-state index is 14.1. The molecule has 3 aromatic carbocycles. The third-order valence-corrected chi connectivity index (χ3v) is 9.01. The van der Waals surface area contributed by atoms with Gasteiger partial charge >= 0.3 is 0 Å². The van der Waals surface area contributed by atoms with Gasteiger partial charge in [-0.2, -0.15) is 0 Å². The lowest BCUT2D eigenvalue weighted by atomic mass is 9.85. The molecule has 0 unspecified atom stereocenters. The maximum absolute atomic E-state index is 14.1. The first-order chi connectivity index (χ1) is 20.6. The summed E-state index contributed by atoms with van der Waals surface area (Å²) >= 11 is 6.18. The molecule has 224 valence electrons. The predicted octanol–water partition coefficient (Wildman–Crippen LogP) is 4.78. The normalized spacial score (nSPS) is 17.9. The van der Waals surface area contributed by atoms with Gasteiger partial charge in [-0.05, 0) is 61.7 Å². The zero-order valence-electron chi connectivity index (χ0n) is 24.6. The van der Waals surface area contributed by atoms with Crippen LogP contribution >= 0.6 is 11.6 Å². The number of carbonyl (C=O) groups excluding carboxylic acids is 4. The summed E-state index contributed by atoms with van der Waals surface area (Å²) in [4.78, 5) is 58.0. The quantitative estimate of drug-likeness (QED) is 0.363. The van der Waals surface area contributed by atoms with Gasteiger partial charge in [-0.15, -0.1) is 0 Å². The van der Waals surface area contributed by atoms with Gasteiger partial charge in [0.2, 0.25) is 17.7 Å². The number of nitrogens with zero attached hydrogens (tertiary/aromatic N) is 2. The Balaban J connectivity index is 1.36. The smallest absolute Gasteiger partial charge is 0.250 e. The van der Waals surface area contributed by atoms with Crippen LogP contribution in [-0.4, -0.2) is 65.0 Å². The summed E-state index contributed by atoms with van der Waals surface area (Å²) in [6.45, 7) is 3.39. The van der Waals surface area contributed by atoms with E-state index < -0.39 is 11.6 Å². The van der Waals surface area contributed by atoms with Crippen molar-refractivity contribution in [2.75, 3.05) is 25.5 Å². The molecule has 0 bridgehead atoms. The number of hydrogen-bond acceptors (Lipinski definition) is 5. The fraction of sp³-hybridized carbons (Fsp3) is 0.353. The molecule has 2 N–H and O–H groups in total. The number of amides is 3. The first-order valence-electron chi connectivity index (χ1n) is 14.7. The van der Waals surface area contributed by atoms with Crippen molar-refractivity contribution < 1.29 is 19.2 Å². The Hall–Kier alpha value is -4.01. The highest BCUT2D eigenvalue weighted by Gasteiger charge is 2.45. The molecule has 3 amide bonds. The number of rotatable bonds is 8. The van der Waals surface area contributed by atoms with Crippen LogP contribution in [0.2, 0.25) is 5.02 Å². The molecule has 0 aromatic heterocycles. The molecule has 9 heteroatoms. The van der Waals surface area contributed by atoms with Crippen LogP contribution in [0.5, 0.6) is 0 Å². The summed E-state index contributed by atoms with van der Waals surface area (Å²) in [6.07, 6.45) is 1.22. The minimum Gasteiger partial charge on any atom is -0.340 e. The number of hydrogen-bond donors (Lipinski definition) is 2. The van der Waals surface area contributed by atoms with Crippen molar-refractivity contribution in [3.8, 4) is 0 Å². The van der Waals surface area contributed by atoms with Gasteiger partial charge in [0.1, 0.15) is 11.6 Å². The Bertz CT molecular complexity index is 1520. The average molecular weight is 601 g/mol.